The van der Waals surface area contributed by atoms with Crippen LogP contribution in [0.25, 0.3) is 0 Å². The molecule has 28 heavy (non-hydrogen) atoms. The van der Waals surface area contributed by atoms with Crippen molar-refractivity contribution in [2.75, 3.05) is 67.0 Å². The molecule has 0 aliphatic carbocycles. The van der Waals surface area contributed by atoms with Gasteiger partial charge in [-0.05, 0) is 24.3 Å². The van der Waals surface area contributed by atoms with Gasteiger partial charge in [-0.3, -0.25) is 14.5 Å². The second kappa shape index (κ2) is 12.3. The Hall–Kier alpha value is -2.20. The number of piperazine rings is 1. The Morgan fingerprint density at radius 1 is 1.14 bits per heavy atom. The van der Waals surface area contributed by atoms with Gasteiger partial charge in [-0.15, -0.1) is 0 Å². The van der Waals surface area contributed by atoms with Crippen molar-refractivity contribution in [2.45, 2.75) is 6.04 Å². The Kier molecular flexibility index (Phi) is 9.70. The minimum atomic E-state index is -0.497. The third kappa shape index (κ3) is 7.08. The van der Waals surface area contributed by atoms with Crippen LogP contribution in [-0.4, -0.2) is 89.8 Å². The highest BCUT2D eigenvalue weighted by molar-refractivity contribution is 5.94. The zero-order valence-corrected chi connectivity index (χ0v) is 16.4. The van der Waals surface area contributed by atoms with Gasteiger partial charge < -0.3 is 29.6 Å². The number of hydrogen-bond donors (Lipinski definition) is 2. The quantitative estimate of drug-likeness (QED) is 0.304. The first kappa shape index (κ1) is 22.1. The van der Waals surface area contributed by atoms with Crippen molar-refractivity contribution >= 4 is 11.9 Å². The van der Waals surface area contributed by atoms with Gasteiger partial charge in [0, 0.05) is 45.4 Å². The van der Waals surface area contributed by atoms with Crippen molar-refractivity contribution in [2.24, 2.45) is 0 Å². The van der Waals surface area contributed by atoms with Crippen LogP contribution in [0.5, 0.6) is 5.75 Å². The summed E-state index contributed by atoms with van der Waals surface area (Å²) < 4.78 is 20.4. The summed E-state index contributed by atoms with van der Waals surface area (Å²) >= 11 is 0. The van der Waals surface area contributed by atoms with E-state index in [0.29, 0.717) is 24.5 Å². The van der Waals surface area contributed by atoms with Crippen LogP contribution in [-0.2, 0) is 19.0 Å². The number of carbonyl (C=O) groups excluding carboxylic acids is 2. The summed E-state index contributed by atoms with van der Waals surface area (Å²) in [6.07, 6.45) is 0. The molecule has 0 saturated carbocycles. The van der Waals surface area contributed by atoms with E-state index >= 15 is 0 Å². The van der Waals surface area contributed by atoms with Crippen LogP contribution in [0.2, 0.25) is 0 Å². The molecule has 9 nitrogen and oxygen atoms in total. The molecule has 1 fully saturated rings. The lowest BCUT2D eigenvalue weighted by Gasteiger charge is -2.33. The number of benzene rings is 1. The van der Waals surface area contributed by atoms with Crippen LogP contribution < -0.4 is 15.4 Å². The minimum absolute atomic E-state index is 0.112. The minimum Gasteiger partial charge on any atom is -0.468 e. The molecule has 1 amide bonds. The molecule has 9 heteroatoms. The molecule has 0 radical (unpaired) electrons. The van der Waals surface area contributed by atoms with Crippen molar-refractivity contribution in [3.8, 4) is 5.75 Å². The molecule has 1 saturated heterocycles. The highest BCUT2D eigenvalue weighted by atomic mass is 16.7. The van der Waals surface area contributed by atoms with Gasteiger partial charge in [0.1, 0.15) is 11.8 Å². The Labute approximate surface area is 165 Å². The maximum Gasteiger partial charge on any atom is 0.324 e. The summed E-state index contributed by atoms with van der Waals surface area (Å²) in [6.45, 7) is 4.32. The van der Waals surface area contributed by atoms with Crippen molar-refractivity contribution in [1.29, 1.82) is 0 Å². The van der Waals surface area contributed by atoms with Gasteiger partial charge in [0.05, 0.1) is 20.3 Å². The molecule has 2 N–H and O–H groups in total. The number of methoxy groups -OCH3 is 2. The number of esters is 1. The summed E-state index contributed by atoms with van der Waals surface area (Å²) in [5.74, 6) is -0.00595. The third-order valence-electron chi connectivity index (χ3n) is 4.38. The number of nitrogens with zero attached hydrogens (tertiary/aromatic N) is 1. The van der Waals surface area contributed by atoms with E-state index in [2.05, 4.69) is 10.6 Å². The summed E-state index contributed by atoms with van der Waals surface area (Å²) in [7, 11) is 2.96. The largest absolute Gasteiger partial charge is 0.468 e. The summed E-state index contributed by atoms with van der Waals surface area (Å²) in [6, 6.07) is 6.23. The lowest BCUT2D eigenvalue weighted by molar-refractivity contribution is -0.147. The highest BCUT2D eigenvalue weighted by Gasteiger charge is 2.28. The van der Waals surface area contributed by atoms with Crippen LogP contribution in [0.3, 0.4) is 0 Å². The van der Waals surface area contributed by atoms with E-state index in [0.717, 1.165) is 26.2 Å². The molecule has 1 aromatic carbocycles. The van der Waals surface area contributed by atoms with Crippen molar-refractivity contribution < 1.29 is 28.5 Å². The summed E-state index contributed by atoms with van der Waals surface area (Å²) in [4.78, 5) is 26.5. The van der Waals surface area contributed by atoms with Crippen LogP contribution >= 0.6 is 0 Å². The molecule has 1 aliphatic heterocycles. The maximum absolute atomic E-state index is 12.4. The number of amides is 1. The fraction of sp³-hybridized carbons (Fsp3) is 0.579. The molecular weight excluding hydrogens is 366 g/mol. The second-order valence-corrected chi connectivity index (χ2v) is 6.22. The predicted molar refractivity (Wildman–Crippen MR) is 102 cm³/mol. The number of ether oxygens (including phenoxy) is 4. The fourth-order valence-corrected chi connectivity index (χ4v) is 2.80. The molecule has 0 aromatic heterocycles. The average molecular weight is 395 g/mol. The van der Waals surface area contributed by atoms with E-state index < -0.39 is 6.04 Å². The van der Waals surface area contributed by atoms with E-state index in [1.54, 1.807) is 31.4 Å². The topological polar surface area (TPSA) is 98.4 Å². The Bertz CT molecular complexity index is 604. The van der Waals surface area contributed by atoms with E-state index in [4.69, 9.17) is 18.9 Å². The van der Waals surface area contributed by atoms with E-state index in [1.807, 2.05) is 4.90 Å². The first-order chi connectivity index (χ1) is 13.7. The molecule has 1 heterocycles. The molecule has 156 valence electrons. The van der Waals surface area contributed by atoms with Gasteiger partial charge in [0.2, 0.25) is 0 Å². The van der Waals surface area contributed by atoms with Crippen LogP contribution in [0.1, 0.15) is 10.4 Å². The number of nitrogens with one attached hydrogen (secondary N) is 2. The van der Waals surface area contributed by atoms with E-state index in [-0.39, 0.29) is 25.2 Å². The van der Waals surface area contributed by atoms with Gasteiger partial charge in [-0.1, -0.05) is 0 Å². The highest BCUT2D eigenvalue weighted by Crippen LogP contribution is 2.12. The second-order valence-electron chi connectivity index (χ2n) is 6.22. The molecular formula is C19H29N3O6. The zero-order chi connectivity index (χ0) is 20.2. The van der Waals surface area contributed by atoms with E-state index in [1.165, 1.54) is 7.11 Å². The lowest BCUT2D eigenvalue weighted by Crippen LogP contribution is -2.55. The molecule has 1 atom stereocenters. The van der Waals surface area contributed by atoms with Gasteiger partial charge in [-0.2, -0.15) is 0 Å². The molecule has 1 unspecified atom stereocenters. The SMILES string of the molecule is COCCOCOc1ccc(C(=O)NCC(C(=O)OC)N2CCNCC2)cc1. The third-order valence-corrected chi connectivity index (χ3v) is 4.38. The van der Waals surface area contributed by atoms with Gasteiger partial charge in [-0.25, -0.2) is 0 Å². The maximum atomic E-state index is 12.4. The zero-order valence-electron chi connectivity index (χ0n) is 16.4. The number of hydrogen-bond acceptors (Lipinski definition) is 8. The Morgan fingerprint density at radius 2 is 1.86 bits per heavy atom. The molecule has 1 aromatic rings. The lowest BCUT2D eigenvalue weighted by atomic mass is 10.1. The van der Waals surface area contributed by atoms with Crippen molar-refractivity contribution in [3.05, 3.63) is 29.8 Å². The standard InChI is InChI=1S/C19H29N3O6/c1-25-11-12-27-14-28-16-5-3-15(4-6-16)18(23)21-13-17(19(24)26-2)22-9-7-20-8-10-22/h3-6,17,20H,7-14H2,1-2H3,(H,21,23). The van der Waals surface area contributed by atoms with Crippen LogP contribution in [0.4, 0.5) is 0 Å². The van der Waals surface area contributed by atoms with Gasteiger partial charge >= 0.3 is 5.97 Å². The van der Waals surface area contributed by atoms with Gasteiger partial charge in [0.25, 0.3) is 5.91 Å². The van der Waals surface area contributed by atoms with Crippen LogP contribution in [0.15, 0.2) is 24.3 Å². The van der Waals surface area contributed by atoms with Crippen molar-refractivity contribution in [3.63, 3.8) is 0 Å². The first-order valence-corrected chi connectivity index (χ1v) is 9.26. The normalized spacial score (nSPS) is 15.6. The van der Waals surface area contributed by atoms with E-state index in [9.17, 15) is 9.59 Å². The molecule has 1 aliphatic rings. The Balaban J connectivity index is 1.82. The van der Waals surface area contributed by atoms with Gasteiger partial charge in [0.15, 0.2) is 6.79 Å². The molecule has 2 rings (SSSR count). The van der Waals surface area contributed by atoms with Crippen LogP contribution in [0, 0.1) is 0 Å². The summed E-state index contributed by atoms with van der Waals surface area (Å²) in [5, 5.41) is 6.05. The summed E-state index contributed by atoms with van der Waals surface area (Å²) in [5.41, 5.74) is 0.483. The monoisotopic (exact) mass is 395 g/mol. The molecule has 0 spiro atoms. The fourth-order valence-electron chi connectivity index (χ4n) is 2.80. The first-order valence-electron chi connectivity index (χ1n) is 9.26. The average Bonchev–Trinajstić information content (AvgIpc) is 2.74. The number of rotatable bonds is 11. The smallest absolute Gasteiger partial charge is 0.324 e. The predicted octanol–water partition coefficient (Wildman–Crippen LogP) is -0.137. The number of carbonyl (C=O) groups is 2. The molecule has 0 bridgehead atoms. The Morgan fingerprint density at radius 3 is 2.50 bits per heavy atom. The van der Waals surface area contributed by atoms with Crippen molar-refractivity contribution in [1.82, 2.24) is 15.5 Å².